The van der Waals surface area contributed by atoms with E-state index in [1.807, 2.05) is 19.1 Å². The van der Waals surface area contributed by atoms with Crippen LogP contribution in [0.5, 0.6) is 5.75 Å². The van der Waals surface area contributed by atoms with Crippen molar-refractivity contribution < 1.29 is 29.3 Å². The molecule has 0 saturated carbocycles. The predicted molar refractivity (Wildman–Crippen MR) is 127 cm³/mol. The van der Waals surface area contributed by atoms with Crippen LogP contribution in [0.2, 0.25) is 0 Å². The van der Waals surface area contributed by atoms with Crippen molar-refractivity contribution in [2.45, 2.75) is 19.4 Å². The maximum Gasteiger partial charge on any atom is 0.307 e. The van der Waals surface area contributed by atoms with E-state index in [0.717, 1.165) is 5.56 Å². The smallest absolute Gasteiger partial charge is 0.307 e. The SMILES string of the molecule is COc1ccc(C2/C(=C(\O)c3ccc(C)cc3)C(=O)C(=O)N2c2ccc(CC(=O)O)cc2)cc1. The highest BCUT2D eigenvalue weighted by molar-refractivity contribution is 6.51. The highest BCUT2D eigenvalue weighted by Gasteiger charge is 2.46. The van der Waals surface area contributed by atoms with Gasteiger partial charge in [-0.25, -0.2) is 0 Å². The number of aliphatic hydroxyl groups excluding tert-OH is 1. The fourth-order valence-electron chi connectivity index (χ4n) is 4.02. The van der Waals surface area contributed by atoms with Gasteiger partial charge >= 0.3 is 5.97 Å². The van der Waals surface area contributed by atoms with E-state index in [9.17, 15) is 19.5 Å². The average molecular weight is 457 g/mol. The standard InChI is InChI=1S/C27H23NO6/c1-16-3-7-19(8-4-16)25(31)23-24(18-9-13-21(34-2)14-10-18)28(27(33)26(23)32)20-11-5-17(6-12-20)15-22(29)30/h3-14,24,31H,15H2,1-2H3,(H,29,30)/b25-23+. The molecule has 1 heterocycles. The highest BCUT2D eigenvalue weighted by atomic mass is 16.5. The van der Waals surface area contributed by atoms with Crippen LogP contribution in [0, 0.1) is 6.92 Å². The second kappa shape index (κ2) is 9.23. The van der Waals surface area contributed by atoms with Crippen LogP contribution in [0.1, 0.15) is 28.3 Å². The Hall–Kier alpha value is -4.39. The Balaban J connectivity index is 1.86. The number of aliphatic hydroxyl groups is 1. The third-order valence-electron chi connectivity index (χ3n) is 5.77. The first kappa shape index (κ1) is 22.8. The summed E-state index contributed by atoms with van der Waals surface area (Å²) in [7, 11) is 1.54. The molecule has 1 atom stereocenters. The number of carboxylic acids is 1. The fourth-order valence-corrected chi connectivity index (χ4v) is 4.02. The van der Waals surface area contributed by atoms with Crippen molar-refractivity contribution in [2.24, 2.45) is 0 Å². The van der Waals surface area contributed by atoms with Gasteiger partial charge in [0.25, 0.3) is 11.7 Å². The molecule has 2 N–H and O–H groups in total. The van der Waals surface area contributed by atoms with E-state index in [-0.39, 0.29) is 17.8 Å². The Morgan fingerprint density at radius 1 is 0.912 bits per heavy atom. The summed E-state index contributed by atoms with van der Waals surface area (Å²) < 4.78 is 5.23. The van der Waals surface area contributed by atoms with Crippen molar-refractivity contribution in [3.05, 3.63) is 101 Å². The van der Waals surface area contributed by atoms with Gasteiger partial charge in [-0.15, -0.1) is 0 Å². The summed E-state index contributed by atoms with van der Waals surface area (Å²) >= 11 is 0. The van der Waals surface area contributed by atoms with E-state index in [0.29, 0.717) is 28.1 Å². The molecule has 1 fully saturated rings. The van der Waals surface area contributed by atoms with Crippen LogP contribution in [0.4, 0.5) is 5.69 Å². The third-order valence-corrected chi connectivity index (χ3v) is 5.77. The van der Waals surface area contributed by atoms with Crippen LogP contribution < -0.4 is 9.64 Å². The number of carbonyl (C=O) groups is 3. The van der Waals surface area contributed by atoms with Crippen LogP contribution in [0.15, 0.2) is 78.4 Å². The molecule has 7 heteroatoms. The highest BCUT2D eigenvalue weighted by Crippen LogP contribution is 2.42. The lowest BCUT2D eigenvalue weighted by Crippen LogP contribution is -2.29. The molecule has 3 aromatic carbocycles. The number of methoxy groups -OCH3 is 1. The monoisotopic (exact) mass is 457 g/mol. The molecule has 1 unspecified atom stereocenters. The molecule has 7 nitrogen and oxygen atoms in total. The summed E-state index contributed by atoms with van der Waals surface area (Å²) in [6.45, 7) is 1.91. The largest absolute Gasteiger partial charge is 0.507 e. The Bertz CT molecular complexity index is 1270. The molecule has 0 radical (unpaired) electrons. The molecule has 1 aliphatic heterocycles. The molecule has 0 aliphatic carbocycles. The van der Waals surface area contributed by atoms with Crippen LogP contribution in [-0.4, -0.2) is 35.0 Å². The van der Waals surface area contributed by atoms with Gasteiger partial charge in [-0.3, -0.25) is 19.3 Å². The molecule has 1 aliphatic rings. The zero-order valence-corrected chi connectivity index (χ0v) is 18.7. The van der Waals surface area contributed by atoms with Crippen molar-refractivity contribution in [3.8, 4) is 5.75 Å². The van der Waals surface area contributed by atoms with Crippen molar-refractivity contribution in [2.75, 3.05) is 12.0 Å². The molecule has 172 valence electrons. The molecular formula is C27H23NO6. The number of benzene rings is 3. The number of ketones is 1. The molecule has 0 spiro atoms. The van der Waals surface area contributed by atoms with Gasteiger partial charge in [0.2, 0.25) is 0 Å². The second-order valence-corrected chi connectivity index (χ2v) is 8.05. The van der Waals surface area contributed by atoms with Crippen LogP contribution in [0.3, 0.4) is 0 Å². The molecular weight excluding hydrogens is 434 g/mol. The summed E-state index contributed by atoms with van der Waals surface area (Å²) in [5.74, 6) is -2.19. The number of hydrogen-bond donors (Lipinski definition) is 2. The van der Waals surface area contributed by atoms with E-state index in [1.165, 1.54) is 12.0 Å². The molecule has 4 rings (SSSR count). The Labute approximate surface area is 196 Å². The number of nitrogens with zero attached hydrogens (tertiary/aromatic N) is 1. The van der Waals surface area contributed by atoms with Gasteiger partial charge in [-0.1, -0.05) is 54.1 Å². The number of aliphatic carboxylic acids is 1. The molecule has 3 aromatic rings. The van der Waals surface area contributed by atoms with Crippen LogP contribution in [-0.2, 0) is 20.8 Å². The minimum Gasteiger partial charge on any atom is -0.507 e. The first-order valence-corrected chi connectivity index (χ1v) is 10.6. The number of ether oxygens (including phenoxy) is 1. The number of hydrogen-bond acceptors (Lipinski definition) is 5. The van der Waals surface area contributed by atoms with E-state index in [1.54, 1.807) is 60.7 Å². The van der Waals surface area contributed by atoms with Crippen molar-refractivity contribution in [1.82, 2.24) is 0 Å². The van der Waals surface area contributed by atoms with E-state index < -0.39 is 23.7 Å². The van der Waals surface area contributed by atoms with Crippen molar-refractivity contribution >= 4 is 29.1 Å². The van der Waals surface area contributed by atoms with E-state index >= 15 is 0 Å². The van der Waals surface area contributed by atoms with Gasteiger partial charge in [0.05, 0.1) is 25.1 Å². The zero-order valence-electron chi connectivity index (χ0n) is 18.7. The molecule has 1 saturated heterocycles. The fraction of sp³-hybridized carbons (Fsp3) is 0.148. The van der Waals surface area contributed by atoms with E-state index in [4.69, 9.17) is 9.84 Å². The minimum absolute atomic E-state index is 0.0198. The zero-order chi connectivity index (χ0) is 24.4. The number of carbonyl (C=O) groups excluding carboxylic acids is 2. The second-order valence-electron chi connectivity index (χ2n) is 8.05. The Morgan fingerprint density at radius 3 is 2.09 bits per heavy atom. The average Bonchev–Trinajstić information content (AvgIpc) is 3.10. The quantitative estimate of drug-likeness (QED) is 0.326. The first-order chi connectivity index (χ1) is 16.3. The normalized spacial score (nSPS) is 17.1. The predicted octanol–water partition coefficient (Wildman–Crippen LogP) is 4.26. The van der Waals surface area contributed by atoms with Gasteiger partial charge in [0, 0.05) is 11.3 Å². The number of Topliss-reactive ketones (excluding diaryl/α,β-unsaturated/α-hetero) is 1. The first-order valence-electron chi connectivity index (χ1n) is 10.6. The minimum atomic E-state index is -0.968. The summed E-state index contributed by atoms with van der Waals surface area (Å²) in [5.41, 5.74) is 2.99. The Morgan fingerprint density at radius 2 is 1.53 bits per heavy atom. The lowest BCUT2D eigenvalue weighted by Gasteiger charge is -2.25. The lowest BCUT2D eigenvalue weighted by molar-refractivity contribution is -0.136. The number of aryl methyl sites for hydroxylation is 1. The maximum atomic E-state index is 13.2. The number of rotatable bonds is 6. The summed E-state index contributed by atoms with van der Waals surface area (Å²) in [6.07, 6.45) is -0.158. The van der Waals surface area contributed by atoms with Gasteiger partial charge in [0.15, 0.2) is 0 Å². The van der Waals surface area contributed by atoms with Crippen molar-refractivity contribution in [1.29, 1.82) is 0 Å². The van der Waals surface area contributed by atoms with Gasteiger partial charge in [-0.2, -0.15) is 0 Å². The summed E-state index contributed by atoms with van der Waals surface area (Å²) in [5, 5.41) is 20.2. The van der Waals surface area contributed by atoms with E-state index in [2.05, 4.69) is 0 Å². The topological polar surface area (TPSA) is 104 Å². The lowest BCUT2D eigenvalue weighted by atomic mass is 9.94. The van der Waals surface area contributed by atoms with Gasteiger partial charge in [0.1, 0.15) is 11.5 Å². The summed E-state index contributed by atoms with van der Waals surface area (Å²) in [6, 6.07) is 19.5. The third kappa shape index (κ3) is 4.28. The maximum absolute atomic E-state index is 13.2. The molecule has 0 aromatic heterocycles. The summed E-state index contributed by atoms with van der Waals surface area (Å²) in [4.78, 5) is 38.7. The Kier molecular flexibility index (Phi) is 6.19. The number of amides is 1. The number of carboxylic acid groups (broad SMARTS) is 1. The number of anilines is 1. The van der Waals surface area contributed by atoms with Crippen molar-refractivity contribution in [3.63, 3.8) is 0 Å². The molecule has 34 heavy (non-hydrogen) atoms. The van der Waals surface area contributed by atoms with Gasteiger partial charge < -0.3 is 14.9 Å². The van der Waals surface area contributed by atoms with Gasteiger partial charge in [-0.05, 0) is 42.3 Å². The molecule has 0 bridgehead atoms. The van der Waals surface area contributed by atoms with Crippen LogP contribution >= 0.6 is 0 Å². The van der Waals surface area contributed by atoms with Crippen LogP contribution in [0.25, 0.3) is 5.76 Å². The molecule has 1 amide bonds.